The lowest BCUT2D eigenvalue weighted by Gasteiger charge is -2.36. The highest BCUT2D eigenvalue weighted by Gasteiger charge is 2.37. The lowest BCUT2D eigenvalue weighted by Crippen LogP contribution is -2.49. The minimum Gasteiger partial charge on any atom is -0.459 e. The van der Waals surface area contributed by atoms with E-state index in [0.717, 1.165) is 11.6 Å². The van der Waals surface area contributed by atoms with Gasteiger partial charge in [-0.05, 0) is 76.8 Å². The second-order valence-corrected chi connectivity index (χ2v) is 23.6. The lowest BCUT2D eigenvalue weighted by atomic mass is 10.1. The summed E-state index contributed by atoms with van der Waals surface area (Å²) in [6.45, 7) is 8.45. The number of thiophene rings is 1. The van der Waals surface area contributed by atoms with Crippen LogP contribution >= 0.6 is 11.3 Å². The van der Waals surface area contributed by atoms with E-state index in [4.69, 9.17) is 13.3 Å². The van der Waals surface area contributed by atoms with E-state index in [-0.39, 0.29) is 73.4 Å². The first-order valence-electron chi connectivity index (χ1n) is 30.0. The number of anilines is 3. The number of carbonyl (C=O) groups excluding carboxylic acids is 3. The van der Waals surface area contributed by atoms with E-state index < -0.39 is 65.2 Å². The van der Waals surface area contributed by atoms with Gasteiger partial charge in [-0.3, -0.25) is 73.8 Å². The molecule has 13 rings (SSSR count). The maximum atomic E-state index is 13.4. The second kappa shape index (κ2) is 27.6. The fourth-order valence-electron chi connectivity index (χ4n) is 12.1. The van der Waals surface area contributed by atoms with E-state index in [9.17, 15) is 69.2 Å². The van der Waals surface area contributed by atoms with Crippen LogP contribution in [0.25, 0.3) is 32.7 Å². The van der Waals surface area contributed by atoms with Crippen molar-refractivity contribution in [3.05, 3.63) is 233 Å². The lowest BCUT2D eigenvalue weighted by molar-refractivity contribution is -0.402. The number of aryl methyl sites for hydroxylation is 1. The van der Waals surface area contributed by atoms with Crippen molar-refractivity contribution in [1.82, 2.24) is 28.4 Å². The minimum absolute atomic E-state index is 0.148. The molecule has 490 valence electrons. The zero-order chi connectivity index (χ0) is 67.4. The second-order valence-electron chi connectivity index (χ2n) is 22.8. The van der Waals surface area contributed by atoms with Crippen molar-refractivity contribution in [2.75, 3.05) is 93.2 Å². The molecule has 10 heterocycles. The fraction of sp³-hybridized carbons (Fsp3) is 0.281. The predicted octanol–water partition coefficient (Wildman–Crippen LogP) is 8.61. The van der Waals surface area contributed by atoms with Crippen LogP contribution < -0.4 is 31.4 Å². The molecule has 3 fully saturated rings. The molecular formula is C64H61N13O17S. The highest BCUT2D eigenvalue weighted by molar-refractivity contribution is 7.07. The van der Waals surface area contributed by atoms with E-state index in [0.29, 0.717) is 103 Å². The Morgan fingerprint density at radius 3 is 1.26 bits per heavy atom. The van der Waals surface area contributed by atoms with Gasteiger partial charge in [-0.1, -0.05) is 68.4 Å². The molecule has 0 N–H and O–H groups in total. The van der Waals surface area contributed by atoms with Crippen LogP contribution in [0, 0.1) is 46.4 Å². The van der Waals surface area contributed by atoms with Crippen LogP contribution in [-0.2, 0) is 20.1 Å². The molecule has 30 nitrogen and oxygen atoms in total. The van der Waals surface area contributed by atoms with Gasteiger partial charge in [0.1, 0.15) is 22.0 Å². The Labute approximate surface area is 541 Å². The smallest absolute Gasteiger partial charge is 0.433 e. The van der Waals surface area contributed by atoms with Gasteiger partial charge in [0.25, 0.3) is 17.7 Å². The first-order chi connectivity index (χ1) is 45.7. The number of hydrogen-bond acceptors (Lipinski definition) is 21. The predicted molar refractivity (Wildman–Crippen MR) is 351 cm³/mol. The van der Waals surface area contributed by atoms with Gasteiger partial charge in [-0.2, -0.15) is 11.3 Å². The molecule has 0 unspecified atom stereocenters. The zero-order valence-electron chi connectivity index (χ0n) is 51.4. The van der Waals surface area contributed by atoms with Crippen LogP contribution in [0.3, 0.4) is 0 Å². The summed E-state index contributed by atoms with van der Waals surface area (Å²) in [6.07, 6.45) is 2.90. The third-order valence-corrected chi connectivity index (χ3v) is 17.3. The van der Waals surface area contributed by atoms with Crippen LogP contribution in [0.5, 0.6) is 0 Å². The minimum atomic E-state index is -0.727. The molecule has 0 atom stereocenters. The molecule has 3 aliphatic rings. The SMILES string of the molecule is CC(C)Cn1c(=O)c([N+](=O)[O-])c(N2CCN(C(=O)c3ccco3)CC2)c2ccccc21.Cn1c(=O)c([N+](=O)[O-])c(N2CCN(C(=O)c3ccc([N+](=O)[O-])o3)CC2)c2ccccc21.O=C(c1ccco1)N1CCN(c2c([N+](=O)[O-])c(=O)n(Cc3ccsc3)c3ccccc23)CC1. The molecule has 0 bridgehead atoms. The third kappa shape index (κ3) is 13.1. The zero-order valence-corrected chi connectivity index (χ0v) is 52.2. The molecule has 31 heteroatoms. The van der Waals surface area contributed by atoms with E-state index >= 15 is 0 Å². The number of nitrogens with zero attached hydrogens (tertiary/aromatic N) is 13. The Hall–Kier alpha value is -11.8. The van der Waals surface area contributed by atoms with Gasteiger partial charge in [0.15, 0.2) is 17.3 Å². The van der Waals surface area contributed by atoms with Crippen molar-refractivity contribution in [3.8, 4) is 0 Å². The third-order valence-electron chi connectivity index (χ3n) is 16.6. The first kappa shape index (κ1) is 64.8. The molecule has 0 radical (unpaired) electrons. The Morgan fingerprint density at radius 2 is 0.874 bits per heavy atom. The van der Waals surface area contributed by atoms with Gasteiger partial charge >= 0.3 is 39.6 Å². The molecule has 3 aromatic carbocycles. The molecule has 3 saturated heterocycles. The maximum absolute atomic E-state index is 13.4. The number of amides is 3. The van der Waals surface area contributed by atoms with Crippen molar-refractivity contribution in [3.63, 3.8) is 0 Å². The van der Waals surface area contributed by atoms with Crippen LogP contribution in [-0.4, -0.2) is 144 Å². The van der Waals surface area contributed by atoms with Crippen LogP contribution in [0.1, 0.15) is 51.1 Å². The normalized spacial score (nSPS) is 14.2. The molecule has 95 heavy (non-hydrogen) atoms. The summed E-state index contributed by atoms with van der Waals surface area (Å²) >= 11 is 1.51. The Balaban J connectivity index is 0.000000145. The number of nitro groups is 4. The summed E-state index contributed by atoms with van der Waals surface area (Å²) in [5, 5.41) is 52.3. The van der Waals surface area contributed by atoms with Crippen LogP contribution in [0.15, 0.2) is 166 Å². The summed E-state index contributed by atoms with van der Waals surface area (Å²) in [5.41, 5.74) is 0.374. The quantitative estimate of drug-likeness (QED) is 0.0726. The first-order valence-corrected chi connectivity index (χ1v) is 31.0. The van der Waals surface area contributed by atoms with Gasteiger partial charge in [0, 0.05) is 108 Å². The molecule has 10 aromatic rings. The van der Waals surface area contributed by atoms with Crippen LogP contribution in [0.2, 0.25) is 0 Å². The van der Waals surface area contributed by atoms with Crippen molar-refractivity contribution >= 4 is 102 Å². The Kier molecular flexibility index (Phi) is 18.8. The topological polar surface area (TPSA) is 349 Å². The Morgan fingerprint density at radius 1 is 0.474 bits per heavy atom. The number of hydrogen-bond donors (Lipinski definition) is 0. The molecule has 0 saturated carbocycles. The van der Waals surface area contributed by atoms with Gasteiger partial charge < -0.3 is 51.8 Å². The number of carbonyl (C=O) groups is 3. The number of fused-ring (bicyclic) bond motifs is 3. The highest BCUT2D eigenvalue weighted by atomic mass is 32.1. The highest BCUT2D eigenvalue weighted by Crippen LogP contribution is 2.38. The summed E-state index contributed by atoms with van der Waals surface area (Å²) in [4.78, 5) is 131. The molecule has 3 aliphatic heterocycles. The number of benzene rings is 3. The van der Waals surface area contributed by atoms with Gasteiger partial charge in [0.05, 0.1) is 56.5 Å². The average Bonchev–Trinajstić information content (AvgIpc) is 1.12. The molecule has 3 amide bonds. The van der Waals surface area contributed by atoms with E-state index in [1.54, 1.807) is 63.2 Å². The number of rotatable bonds is 14. The number of pyridine rings is 3. The Bertz CT molecular complexity index is 4770. The molecule has 7 aromatic heterocycles. The summed E-state index contributed by atoms with van der Waals surface area (Å²) in [7, 11) is 1.49. The standard InChI is InChI=1S/C23H20N4O5S.C22H24N4O5.C19H17N5O7/c28-22(19-6-3-12-32-19)25-10-8-24(9-11-25)20-17-4-1-2-5-18(17)26(14-16-7-13-33-15-16)23(29)21(20)27(30)31;1-15(2)14-25-17-7-4-3-6-16(17)19(20(22(25)28)26(29)30)23-9-11-24(12-10-23)21(27)18-8-5-13-31-18;1-20-13-5-3-2-4-12(13)16(17(19(20)26)24(29)30)21-8-10-22(11-9-21)18(25)14-6-7-15(31-14)23(27)28/h1-7,12-13,15H,8-11,14H2;3-8,13,15H,9-12,14H2,1-2H3;2-7H,8-11H2,1H3. The number of piperazine rings is 3. The van der Waals surface area contributed by atoms with Crippen molar-refractivity contribution in [1.29, 1.82) is 0 Å². The molecule has 0 aliphatic carbocycles. The van der Waals surface area contributed by atoms with Crippen molar-refractivity contribution in [2.45, 2.75) is 26.9 Å². The van der Waals surface area contributed by atoms with E-state index in [2.05, 4.69) is 0 Å². The molecular weight excluding hydrogens is 1250 g/mol. The monoisotopic (exact) mass is 1320 g/mol. The summed E-state index contributed by atoms with van der Waals surface area (Å²) in [6, 6.07) is 32.2. The largest absolute Gasteiger partial charge is 0.459 e. The van der Waals surface area contributed by atoms with Crippen molar-refractivity contribution in [2.24, 2.45) is 13.0 Å². The summed E-state index contributed by atoms with van der Waals surface area (Å²) < 4.78 is 19.6. The van der Waals surface area contributed by atoms with Gasteiger partial charge in [-0.25, -0.2) is 0 Å². The van der Waals surface area contributed by atoms with Gasteiger partial charge in [0.2, 0.25) is 0 Å². The number of para-hydroxylation sites is 3. The van der Waals surface area contributed by atoms with Crippen molar-refractivity contribution < 1.29 is 47.3 Å². The van der Waals surface area contributed by atoms with Gasteiger partial charge in [-0.15, -0.1) is 0 Å². The van der Waals surface area contributed by atoms with Crippen LogP contribution in [0.4, 0.5) is 40.0 Å². The maximum Gasteiger partial charge on any atom is 0.433 e. The number of aromatic nitrogens is 3. The summed E-state index contributed by atoms with van der Waals surface area (Å²) in [5.74, 6) is -0.924. The van der Waals surface area contributed by atoms with E-state index in [1.165, 1.54) is 55.6 Å². The van der Waals surface area contributed by atoms with E-state index in [1.807, 2.05) is 89.0 Å². The molecule has 0 spiro atoms. The number of furan rings is 3. The average molecular weight is 1320 g/mol. The fourth-order valence-corrected chi connectivity index (χ4v) is 12.8.